The van der Waals surface area contributed by atoms with Crippen molar-refractivity contribution in [3.8, 4) is 11.3 Å². The summed E-state index contributed by atoms with van der Waals surface area (Å²) in [6, 6.07) is 14.3. The van der Waals surface area contributed by atoms with Crippen LogP contribution in [0.15, 0.2) is 48.5 Å². The molecule has 3 heterocycles. The summed E-state index contributed by atoms with van der Waals surface area (Å²) >= 11 is 0. The molecule has 190 valence electrons. The Morgan fingerprint density at radius 3 is 2.76 bits per heavy atom. The lowest BCUT2D eigenvalue weighted by molar-refractivity contribution is 0.0270. The molecule has 2 aliphatic rings. The quantitative estimate of drug-likeness (QED) is 0.426. The van der Waals surface area contributed by atoms with Gasteiger partial charge >= 0.3 is 6.09 Å². The van der Waals surface area contributed by atoms with Crippen LogP contribution in [0.1, 0.15) is 56.5 Å². The minimum Gasteiger partial charge on any atom is -0.444 e. The first-order valence-corrected chi connectivity index (χ1v) is 12.7. The minimum absolute atomic E-state index is 0.0412. The van der Waals surface area contributed by atoms with Crippen molar-refractivity contribution in [2.75, 3.05) is 18.4 Å². The van der Waals surface area contributed by atoms with Crippen molar-refractivity contribution in [3.05, 3.63) is 76.8 Å². The lowest BCUT2D eigenvalue weighted by atomic mass is 9.90. The molecule has 3 aromatic rings. The average molecular weight is 497 g/mol. The second-order valence-corrected chi connectivity index (χ2v) is 10.6. The smallest absolute Gasteiger partial charge is 0.410 e. The lowest BCUT2D eigenvalue weighted by Gasteiger charge is -2.30. The molecule has 0 fully saturated rings. The van der Waals surface area contributed by atoms with Crippen LogP contribution >= 0.6 is 0 Å². The van der Waals surface area contributed by atoms with E-state index in [1.807, 2.05) is 56.6 Å². The van der Waals surface area contributed by atoms with Gasteiger partial charge in [-0.2, -0.15) is 0 Å². The third-order valence-electron chi connectivity index (χ3n) is 6.76. The summed E-state index contributed by atoms with van der Waals surface area (Å²) in [6.07, 6.45) is 3.46. The summed E-state index contributed by atoms with van der Waals surface area (Å²) in [5.41, 5.74) is 7.68. The molecule has 2 aromatic carbocycles. The number of nitrogens with zero attached hydrogens (tertiary/aromatic N) is 5. The number of fused-ring (bicyclic) bond motifs is 3. The normalized spacial score (nSPS) is 17.1. The first-order chi connectivity index (χ1) is 17.7. The van der Waals surface area contributed by atoms with E-state index in [-0.39, 0.29) is 12.1 Å². The summed E-state index contributed by atoms with van der Waals surface area (Å²) in [4.78, 5) is 17.8. The Bertz CT molecular complexity index is 1410. The number of nitrogens with one attached hydrogen (secondary N) is 1. The van der Waals surface area contributed by atoms with Gasteiger partial charge < -0.3 is 15.0 Å². The van der Waals surface area contributed by atoms with Crippen LogP contribution in [0.3, 0.4) is 0 Å². The van der Waals surface area contributed by atoms with Crippen LogP contribution in [0.25, 0.3) is 21.7 Å². The Kier molecular flexibility index (Phi) is 6.46. The van der Waals surface area contributed by atoms with E-state index < -0.39 is 5.60 Å². The fraction of sp³-hybridized carbons (Fsp3) is 0.379. The zero-order valence-electron chi connectivity index (χ0n) is 21.8. The molecule has 37 heavy (non-hydrogen) atoms. The maximum atomic E-state index is 12.5. The van der Waals surface area contributed by atoms with Crippen LogP contribution in [0.5, 0.6) is 0 Å². The van der Waals surface area contributed by atoms with Crippen molar-refractivity contribution in [1.29, 1.82) is 0 Å². The highest BCUT2D eigenvalue weighted by Gasteiger charge is 2.27. The second kappa shape index (κ2) is 9.74. The van der Waals surface area contributed by atoms with Crippen LogP contribution in [0.2, 0.25) is 0 Å². The van der Waals surface area contributed by atoms with Crippen LogP contribution in [0.4, 0.5) is 16.2 Å². The fourth-order valence-corrected chi connectivity index (χ4v) is 5.00. The van der Waals surface area contributed by atoms with E-state index in [0.29, 0.717) is 18.8 Å². The molecule has 1 amide bonds. The van der Waals surface area contributed by atoms with E-state index in [1.165, 1.54) is 11.1 Å². The molecule has 0 spiro atoms. The van der Waals surface area contributed by atoms with Gasteiger partial charge in [0.05, 0.1) is 24.0 Å². The predicted octanol–water partition coefficient (Wildman–Crippen LogP) is 6.39. The van der Waals surface area contributed by atoms with Gasteiger partial charge in [0, 0.05) is 30.9 Å². The molecule has 1 unspecified atom stereocenters. The summed E-state index contributed by atoms with van der Waals surface area (Å²) in [5.74, 6) is 0. The Hall–Kier alpha value is -4.12. The second-order valence-electron chi connectivity index (χ2n) is 10.6. The molecule has 5 rings (SSSR count). The number of aromatic nitrogens is 3. The highest BCUT2D eigenvalue weighted by molar-refractivity contribution is 5.76. The van der Waals surface area contributed by atoms with Gasteiger partial charge in [0.25, 0.3) is 0 Å². The number of carbonyl (C=O) groups is 1. The molecule has 1 atom stereocenters. The molecule has 2 aliphatic heterocycles. The number of hydrogen-bond acceptors (Lipinski definition) is 5. The molecule has 1 aromatic heterocycles. The van der Waals surface area contributed by atoms with Crippen molar-refractivity contribution in [2.45, 2.75) is 58.7 Å². The predicted molar refractivity (Wildman–Crippen MR) is 144 cm³/mol. The van der Waals surface area contributed by atoms with Gasteiger partial charge in [0.2, 0.25) is 0 Å². The molecule has 8 heteroatoms. The van der Waals surface area contributed by atoms with E-state index >= 15 is 0 Å². The standard InChI is InChI=1S/C29H32N6O2/c1-19-27-24-10-9-21(20-11-14-34(15-12-20)28(36)37-29(2,3)4)17-25(24)26(13-16-35(27)33-32-19)31-23-8-6-7-22(18-23)30-5/h6-11,17-18,26,31H,12-16H2,1-4H3. The van der Waals surface area contributed by atoms with Crippen LogP contribution < -0.4 is 5.32 Å². The van der Waals surface area contributed by atoms with Gasteiger partial charge in [-0.15, -0.1) is 5.10 Å². The molecular formula is C29H32N6O2. The molecule has 1 N–H and O–H groups in total. The van der Waals surface area contributed by atoms with Gasteiger partial charge in [-0.1, -0.05) is 35.6 Å². The highest BCUT2D eigenvalue weighted by atomic mass is 16.6. The zero-order chi connectivity index (χ0) is 26.2. The number of carbonyl (C=O) groups excluding carboxylic acids is 1. The van der Waals surface area contributed by atoms with E-state index in [2.05, 4.69) is 44.7 Å². The molecule has 8 nitrogen and oxygen atoms in total. The van der Waals surface area contributed by atoms with Gasteiger partial charge in [-0.05, 0) is 75.4 Å². The number of rotatable bonds is 3. The maximum Gasteiger partial charge on any atom is 0.410 e. The van der Waals surface area contributed by atoms with E-state index in [1.54, 1.807) is 4.90 Å². The zero-order valence-corrected chi connectivity index (χ0v) is 21.8. The van der Waals surface area contributed by atoms with E-state index in [9.17, 15) is 4.79 Å². The van der Waals surface area contributed by atoms with Crippen molar-refractivity contribution in [1.82, 2.24) is 19.9 Å². The van der Waals surface area contributed by atoms with Crippen molar-refractivity contribution < 1.29 is 9.53 Å². The van der Waals surface area contributed by atoms with Gasteiger partial charge in [-0.25, -0.2) is 14.3 Å². The molecular weight excluding hydrogens is 464 g/mol. The van der Waals surface area contributed by atoms with Gasteiger partial charge in [-0.3, -0.25) is 0 Å². The first-order valence-electron chi connectivity index (χ1n) is 12.7. The summed E-state index contributed by atoms with van der Waals surface area (Å²) in [7, 11) is 0. The third kappa shape index (κ3) is 5.21. The summed E-state index contributed by atoms with van der Waals surface area (Å²) in [6.45, 7) is 16.9. The molecule has 0 saturated carbocycles. The van der Waals surface area contributed by atoms with Crippen molar-refractivity contribution in [2.24, 2.45) is 0 Å². The SMILES string of the molecule is [C-]#[N+]c1cccc(NC2CCn3nnc(C)c3-c3ccc(C4=CCN(C(=O)OC(C)(C)C)CC4)cc32)c1. The summed E-state index contributed by atoms with van der Waals surface area (Å²) < 4.78 is 7.54. The molecule has 0 saturated heterocycles. The largest absolute Gasteiger partial charge is 0.444 e. The summed E-state index contributed by atoms with van der Waals surface area (Å²) in [5, 5.41) is 12.4. The average Bonchev–Trinajstić information content (AvgIpc) is 3.17. The van der Waals surface area contributed by atoms with E-state index in [0.717, 1.165) is 47.6 Å². The van der Waals surface area contributed by atoms with Crippen molar-refractivity contribution >= 4 is 23.0 Å². The topological polar surface area (TPSA) is 76.6 Å². The lowest BCUT2D eigenvalue weighted by Crippen LogP contribution is -2.39. The highest BCUT2D eigenvalue weighted by Crippen LogP contribution is 2.39. The fourth-order valence-electron chi connectivity index (χ4n) is 5.00. The number of aryl methyl sites for hydroxylation is 2. The maximum absolute atomic E-state index is 12.5. The Morgan fingerprint density at radius 1 is 1.19 bits per heavy atom. The Morgan fingerprint density at radius 2 is 2.03 bits per heavy atom. The van der Waals surface area contributed by atoms with Crippen LogP contribution in [0, 0.1) is 13.5 Å². The Balaban J connectivity index is 1.47. The van der Waals surface area contributed by atoms with Gasteiger partial charge in [0.1, 0.15) is 5.60 Å². The number of hydrogen-bond donors (Lipinski definition) is 1. The molecule has 0 radical (unpaired) electrons. The number of ether oxygens (including phenoxy) is 1. The van der Waals surface area contributed by atoms with Gasteiger partial charge in [0.15, 0.2) is 5.69 Å². The number of anilines is 1. The number of benzene rings is 2. The molecule has 0 bridgehead atoms. The van der Waals surface area contributed by atoms with Crippen molar-refractivity contribution in [3.63, 3.8) is 0 Å². The number of amides is 1. The monoisotopic (exact) mass is 496 g/mol. The molecule has 0 aliphatic carbocycles. The van der Waals surface area contributed by atoms with Crippen LogP contribution in [-0.2, 0) is 11.3 Å². The Labute approximate surface area is 217 Å². The first kappa shape index (κ1) is 24.6. The third-order valence-corrected chi connectivity index (χ3v) is 6.76. The minimum atomic E-state index is -0.506. The van der Waals surface area contributed by atoms with Crippen LogP contribution in [-0.4, -0.2) is 44.7 Å². The van der Waals surface area contributed by atoms with E-state index in [4.69, 9.17) is 11.3 Å².